The van der Waals surface area contributed by atoms with Crippen molar-refractivity contribution >= 4 is 17.7 Å². The summed E-state index contributed by atoms with van der Waals surface area (Å²) < 4.78 is 11.0. The second-order valence-corrected chi connectivity index (χ2v) is 9.03. The Labute approximate surface area is 200 Å². The first kappa shape index (κ1) is 22.3. The zero-order chi connectivity index (χ0) is 23.7. The van der Waals surface area contributed by atoms with E-state index in [9.17, 15) is 9.59 Å². The fraction of sp³-hybridized carbons (Fsp3) is 0.407. The van der Waals surface area contributed by atoms with Gasteiger partial charge in [-0.2, -0.15) is 0 Å². The summed E-state index contributed by atoms with van der Waals surface area (Å²) in [4.78, 5) is 29.5. The zero-order valence-corrected chi connectivity index (χ0v) is 19.5. The molecule has 3 atom stereocenters. The molecule has 2 aromatic rings. The SMILES string of the molecule is C=CCOC(=O)N1CCC2C(c3ccc(OCC)cc3)Nc3ccc(C(=O)N4CCC4)cc3C21. The van der Waals surface area contributed by atoms with Crippen LogP contribution in [0, 0.1) is 5.92 Å². The molecule has 3 aliphatic heterocycles. The molecule has 178 valence electrons. The van der Waals surface area contributed by atoms with E-state index in [2.05, 4.69) is 24.0 Å². The highest BCUT2D eigenvalue weighted by Crippen LogP contribution is 2.51. The summed E-state index contributed by atoms with van der Waals surface area (Å²) in [6, 6.07) is 13.8. The normalized spacial score (nSPS) is 22.7. The van der Waals surface area contributed by atoms with Crippen molar-refractivity contribution in [3.05, 3.63) is 71.8 Å². The molecule has 2 fully saturated rings. The lowest BCUT2D eigenvalue weighted by Gasteiger charge is -2.40. The number of nitrogens with one attached hydrogen (secondary N) is 1. The Bertz CT molecular complexity index is 1080. The van der Waals surface area contributed by atoms with Gasteiger partial charge in [0.05, 0.1) is 18.7 Å². The molecular weight excluding hydrogens is 430 g/mol. The van der Waals surface area contributed by atoms with Crippen LogP contribution in [0.1, 0.15) is 53.3 Å². The third-order valence-corrected chi connectivity index (χ3v) is 7.05. The highest BCUT2D eigenvalue weighted by Gasteiger charge is 2.47. The number of likely N-dealkylation sites (tertiary alicyclic amines) is 2. The first-order chi connectivity index (χ1) is 16.6. The number of rotatable bonds is 6. The Balaban J connectivity index is 1.50. The number of hydrogen-bond acceptors (Lipinski definition) is 5. The Morgan fingerprint density at radius 1 is 1.15 bits per heavy atom. The molecule has 1 N–H and O–H groups in total. The summed E-state index contributed by atoms with van der Waals surface area (Å²) in [5, 5.41) is 3.70. The third kappa shape index (κ3) is 4.00. The van der Waals surface area contributed by atoms with Crippen LogP contribution < -0.4 is 10.1 Å². The number of ether oxygens (including phenoxy) is 2. The Kier molecular flexibility index (Phi) is 6.18. The summed E-state index contributed by atoms with van der Waals surface area (Å²) in [5.41, 5.74) is 3.74. The number of nitrogens with zero attached hydrogens (tertiary/aromatic N) is 2. The molecule has 2 aromatic carbocycles. The molecule has 0 aromatic heterocycles. The first-order valence-electron chi connectivity index (χ1n) is 12.1. The van der Waals surface area contributed by atoms with Crippen molar-refractivity contribution in [1.29, 1.82) is 0 Å². The first-order valence-corrected chi connectivity index (χ1v) is 12.1. The van der Waals surface area contributed by atoms with Gasteiger partial charge in [-0.25, -0.2) is 4.79 Å². The number of amides is 2. The Morgan fingerprint density at radius 3 is 2.62 bits per heavy atom. The second kappa shape index (κ2) is 9.41. The number of anilines is 1. The minimum Gasteiger partial charge on any atom is -0.494 e. The summed E-state index contributed by atoms with van der Waals surface area (Å²) in [6.07, 6.45) is 3.12. The molecule has 0 saturated carbocycles. The van der Waals surface area contributed by atoms with Crippen LogP contribution in [-0.4, -0.2) is 54.6 Å². The van der Waals surface area contributed by atoms with Gasteiger partial charge in [-0.3, -0.25) is 4.79 Å². The van der Waals surface area contributed by atoms with E-state index in [0.29, 0.717) is 18.7 Å². The monoisotopic (exact) mass is 461 g/mol. The van der Waals surface area contributed by atoms with Crippen LogP contribution >= 0.6 is 0 Å². The van der Waals surface area contributed by atoms with Crippen molar-refractivity contribution in [2.75, 3.05) is 38.2 Å². The molecule has 0 aliphatic carbocycles. The molecule has 7 nitrogen and oxygen atoms in total. The molecule has 7 heteroatoms. The van der Waals surface area contributed by atoms with Gasteiger partial charge in [-0.15, -0.1) is 0 Å². The van der Waals surface area contributed by atoms with Gasteiger partial charge in [0, 0.05) is 36.8 Å². The lowest BCUT2D eigenvalue weighted by molar-refractivity contribution is 0.0651. The summed E-state index contributed by atoms with van der Waals surface area (Å²) in [7, 11) is 0. The van der Waals surface area contributed by atoms with Crippen LogP contribution in [0.4, 0.5) is 10.5 Å². The van der Waals surface area contributed by atoms with Crippen LogP contribution in [0.2, 0.25) is 0 Å². The average Bonchev–Trinajstić information content (AvgIpc) is 3.27. The van der Waals surface area contributed by atoms with Gasteiger partial charge in [0.1, 0.15) is 12.4 Å². The van der Waals surface area contributed by atoms with E-state index >= 15 is 0 Å². The number of hydrogen-bond donors (Lipinski definition) is 1. The van der Waals surface area contributed by atoms with Gasteiger partial charge >= 0.3 is 6.09 Å². The van der Waals surface area contributed by atoms with Gasteiger partial charge in [0.2, 0.25) is 0 Å². The second-order valence-electron chi connectivity index (χ2n) is 9.03. The van der Waals surface area contributed by atoms with E-state index in [0.717, 1.165) is 48.5 Å². The molecule has 3 unspecified atom stereocenters. The highest BCUT2D eigenvalue weighted by molar-refractivity contribution is 5.95. The zero-order valence-electron chi connectivity index (χ0n) is 19.5. The smallest absolute Gasteiger partial charge is 0.410 e. The molecule has 5 rings (SSSR count). The predicted octanol–water partition coefficient (Wildman–Crippen LogP) is 4.78. The maximum absolute atomic E-state index is 13.0. The molecule has 34 heavy (non-hydrogen) atoms. The van der Waals surface area contributed by atoms with Gasteiger partial charge in [-0.1, -0.05) is 24.8 Å². The summed E-state index contributed by atoms with van der Waals surface area (Å²) in [6.45, 7) is 8.63. The molecule has 2 amide bonds. The van der Waals surface area contributed by atoms with Crippen LogP contribution in [0.25, 0.3) is 0 Å². The van der Waals surface area contributed by atoms with Gasteiger partial charge in [-0.05, 0) is 61.2 Å². The minimum atomic E-state index is -0.342. The average molecular weight is 462 g/mol. The lowest BCUT2D eigenvalue weighted by Crippen LogP contribution is -2.42. The van der Waals surface area contributed by atoms with E-state index in [1.165, 1.54) is 0 Å². The van der Waals surface area contributed by atoms with E-state index in [1.54, 1.807) is 6.08 Å². The summed E-state index contributed by atoms with van der Waals surface area (Å²) in [5.74, 6) is 1.04. The number of carbonyl (C=O) groups excluding carboxylic acids is 2. The van der Waals surface area contributed by atoms with Crippen LogP contribution in [0.15, 0.2) is 55.1 Å². The Morgan fingerprint density at radius 2 is 1.94 bits per heavy atom. The lowest BCUT2D eigenvalue weighted by atomic mass is 9.79. The molecule has 0 spiro atoms. The molecule has 0 bridgehead atoms. The van der Waals surface area contributed by atoms with Crippen molar-refractivity contribution in [3.63, 3.8) is 0 Å². The third-order valence-electron chi connectivity index (χ3n) is 7.05. The molecule has 3 aliphatic rings. The Hall–Kier alpha value is -3.48. The van der Waals surface area contributed by atoms with Crippen molar-refractivity contribution < 1.29 is 19.1 Å². The molecule has 2 saturated heterocycles. The predicted molar refractivity (Wildman–Crippen MR) is 130 cm³/mol. The quantitative estimate of drug-likeness (QED) is 0.627. The molecular formula is C27H31N3O4. The number of benzene rings is 2. The standard InChI is InChI=1S/C27H31N3O4/c1-3-16-34-27(32)30-15-12-21-24(18-6-9-20(10-7-18)33-4-2)28-23-11-8-19(17-22(23)25(21)30)26(31)29-13-5-14-29/h3,6-11,17,21,24-25,28H,1,4-5,12-16H2,2H3. The highest BCUT2D eigenvalue weighted by atomic mass is 16.6. The van der Waals surface area contributed by atoms with Crippen molar-refractivity contribution in [1.82, 2.24) is 9.80 Å². The molecule has 0 radical (unpaired) electrons. The van der Waals surface area contributed by atoms with E-state index < -0.39 is 0 Å². The number of carbonyl (C=O) groups is 2. The van der Waals surface area contributed by atoms with Gasteiger partial charge < -0.3 is 24.6 Å². The van der Waals surface area contributed by atoms with Gasteiger partial charge in [0.15, 0.2) is 0 Å². The van der Waals surface area contributed by atoms with E-state index in [-0.39, 0.29) is 36.6 Å². The number of fused-ring (bicyclic) bond motifs is 3. The largest absolute Gasteiger partial charge is 0.494 e. The fourth-order valence-corrected chi connectivity index (χ4v) is 5.30. The van der Waals surface area contributed by atoms with Crippen molar-refractivity contribution in [3.8, 4) is 5.75 Å². The summed E-state index contributed by atoms with van der Waals surface area (Å²) >= 11 is 0. The van der Waals surface area contributed by atoms with Gasteiger partial charge in [0.25, 0.3) is 5.91 Å². The maximum atomic E-state index is 13.0. The van der Waals surface area contributed by atoms with Crippen LogP contribution in [0.3, 0.4) is 0 Å². The fourth-order valence-electron chi connectivity index (χ4n) is 5.30. The minimum absolute atomic E-state index is 0.0299. The van der Waals surface area contributed by atoms with Crippen LogP contribution in [0.5, 0.6) is 5.75 Å². The van der Waals surface area contributed by atoms with Crippen LogP contribution in [-0.2, 0) is 4.74 Å². The topological polar surface area (TPSA) is 71.1 Å². The van der Waals surface area contributed by atoms with E-state index in [1.807, 2.05) is 47.1 Å². The molecule has 3 heterocycles. The van der Waals surface area contributed by atoms with Crippen molar-refractivity contribution in [2.24, 2.45) is 5.92 Å². The van der Waals surface area contributed by atoms with E-state index in [4.69, 9.17) is 9.47 Å². The van der Waals surface area contributed by atoms with Crippen molar-refractivity contribution in [2.45, 2.75) is 31.8 Å². The maximum Gasteiger partial charge on any atom is 0.410 e.